The van der Waals surface area contributed by atoms with Crippen LogP contribution in [0.5, 0.6) is 0 Å². The van der Waals surface area contributed by atoms with Crippen LogP contribution in [0.1, 0.15) is 10.4 Å². The van der Waals surface area contributed by atoms with E-state index in [1.807, 2.05) is 0 Å². The van der Waals surface area contributed by atoms with Gasteiger partial charge in [0.15, 0.2) is 5.65 Å². The zero-order valence-electron chi connectivity index (χ0n) is 16.5. The lowest BCUT2D eigenvalue weighted by atomic mass is 10.1. The van der Waals surface area contributed by atoms with Crippen LogP contribution in [0.15, 0.2) is 65.6 Å². The maximum atomic E-state index is 13.3. The van der Waals surface area contributed by atoms with Crippen LogP contribution in [0.4, 0.5) is 10.1 Å². The molecule has 0 saturated carbocycles. The summed E-state index contributed by atoms with van der Waals surface area (Å²) < 4.78 is 14.6. The SMILES string of the molecule is O=C(c1cccn2c(=O)c3ccc(Cl)cc3nc12)N1CCN(c2ccc(F)cc2)CC1. The first-order chi connectivity index (χ1) is 15.0. The molecule has 1 fully saturated rings. The van der Waals surface area contributed by atoms with Crippen molar-refractivity contribution in [2.75, 3.05) is 31.1 Å². The molecule has 0 N–H and O–H groups in total. The van der Waals surface area contributed by atoms with E-state index in [0.717, 1.165) is 5.69 Å². The largest absolute Gasteiger partial charge is 0.368 e. The minimum absolute atomic E-state index is 0.176. The monoisotopic (exact) mass is 436 g/mol. The molecule has 8 heteroatoms. The quantitative estimate of drug-likeness (QED) is 0.450. The number of hydrogen-bond acceptors (Lipinski definition) is 4. The summed E-state index contributed by atoms with van der Waals surface area (Å²) in [7, 11) is 0. The number of benzene rings is 2. The normalized spacial score (nSPS) is 14.4. The van der Waals surface area contributed by atoms with E-state index in [9.17, 15) is 14.0 Å². The highest BCUT2D eigenvalue weighted by Crippen LogP contribution is 2.20. The zero-order valence-corrected chi connectivity index (χ0v) is 17.2. The van der Waals surface area contributed by atoms with Crippen LogP contribution in [0.25, 0.3) is 16.6 Å². The highest BCUT2D eigenvalue weighted by molar-refractivity contribution is 6.31. The van der Waals surface area contributed by atoms with Gasteiger partial charge in [-0.05, 0) is 54.6 Å². The lowest BCUT2D eigenvalue weighted by Crippen LogP contribution is -2.49. The van der Waals surface area contributed by atoms with E-state index in [-0.39, 0.29) is 17.3 Å². The van der Waals surface area contributed by atoms with Crippen LogP contribution in [0.3, 0.4) is 0 Å². The van der Waals surface area contributed by atoms with Crippen molar-refractivity contribution < 1.29 is 9.18 Å². The third kappa shape index (κ3) is 3.51. The van der Waals surface area contributed by atoms with Crippen molar-refractivity contribution in [2.24, 2.45) is 0 Å². The predicted octanol–water partition coefficient (Wildman–Crippen LogP) is 3.60. The maximum absolute atomic E-state index is 13.3. The van der Waals surface area contributed by atoms with Crippen molar-refractivity contribution in [3.63, 3.8) is 0 Å². The number of halogens is 2. The number of fused-ring (bicyclic) bond motifs is 2. The first-order valence-electron chi connectivity index (χ1n) is 9.92. The number of aromatic nitrogens is 2. The third-order valence-corrected chi connectivity index (χ3v) is 5.83. The Kier molecular flexibility index (Phi) is 4.82. The van der Waals surface area contributed by atoms with E-state index in [1.165, 1.54) is 16.5 Å². The summed E-state index contributed by atoms with van der Waals surface area (Å²) in [5, 5.41) is 0.920. The van der Waals surface area contributed by atoms with Crippen molar-refractivity contribution in [1.29, 1.82) is 0 Å². The highest BCUT2D eigenvalue weighted by atomic mass is 35.5. The van der Waals surface area contributed by atoms with E-state index in [2.05, 4.69) is 9.88 Å². The van der Waals surface area contributed by atoms with Crippen molar-refractivity contribution >= 4 is 39.7 Å². The van der Waals surface area contributed by atoms with Crippen LogP contribution in [0, 0.1) is 5.82 Å². The van der Waals surface area contributed by atoms with Gasteiger partial charge in [0, 0.05) is 43.1 Å². The second-order valence-electron chi connectivity index (χ2n) is 7.45. The molecule has 3 heterocycles. The summed E-state index contributed by atoms with van der Waals surface area (Å²) in [5.41, 5.74) is 1.83. The average Bonchev–Trinajstić information content (AvgIpc) is 2.79. The molecule has 4 aromatic rings. The molecule has 0 unspecified atom stereocenters. The van der Waals surface area contributed by atoms with Gasteiger partial charge in [-0.15, -0.1) is 0 Å². The topological polar surface area (TPSA) is 57.9 Å². The Morgan fingerprint density at radius 1 is 1.00 bits per heavy atom. The summed E-state index contributed by atoms with van der Waals surface area (Å²) in [6.45, 7) is 2.30. The van der Waals surface area contributed by atoms with Gasteiger partial charge in [-0.3, -0.25) is 14.0 Å². The maximum Gasteiger partial charge on any atom is 0.265 e. The van der Waals surface area contributed by atoms with E-state index in [0.29, 0.717) is 53.3 Å². The van der Waals surface area contributed by atoms with Crippen LogP contribution in [-0.4, -0.2) is 46.4 Å². The van der Waals surface area contributed by atoms with Crippen LogP contribution in [0.2, 0.25) is 5.02 Å². The summed E-state index contributed by atoms with van der Waals surface area (Å²) in [5.74, 6) is -0.449. The van der Waals surface area contributed by atoms with E-state index in [4.69, 9.17) is 11.6 Å². The molecule has 0 spiro atoms. The van der Waals surface area contributed by atoms with Gasteiger partial charge < -0.3 is 9.80 Å². The Labute approximate surface area is 182 Å². The molecule has 0 radical (unpaired) electrons. The number of nitrogens with zero attached hydrogens (tertiary/aromatic N) is 4. The zero-order chi connectivity index (χ0) is 21.5. The minimum Gasteiger partial charge on any atom is -0.368 e. The highest BCUT2D eigenvalue weighted by Gasteiger charge is 2.24. The number of hydrogen-bond donors (Lipinski definition) is 0. The number of carbonyl (C=O) groups excluding carboxylic acids is 1. The Balaban J connectivity index is 1.45. The molecule has 31 heavy (non-hydrogen) atoms. The Morgan fingerprint density at radius 3 is 2.48 bits per heavy atom. The Hall–Kier alpha value is -3.45. The molecular formula is C23H18ClFN4O2. The minimum atomic E-state index is -0.273. The van der Waals surface area contributed by atoms with Gasteiger partial charge in [0.1, 0.15) is 5.82 Å². The number of anilines is 1. The smallest absolute Gasteiger partial charge is 0.265 e. The fraction of sp³-hybridized carbons (Fsp3) is 0.174. The number of carbonyl (C=O) groups is 1. The fourth-order valence-electron chi connectivity index (χ4n) is 3.96. The number of rotatable bonds is 2. The first-order valence-corrected chi connectivity index (χ1v) is 10.3. The average molecular weight is 437 g/mol. The number of pyridine rings is 1. The molecule has 1 aliphatic rings. The van der Waals surface area contributed by atoms with Crippen molar-refractivity contribution in [1.82, 2.24) is 14.3 Å². The third-order valence-electron chi connectivity index (χ3n) is 5.59. The summed E-state index contributed by atoms with van der Waals surface area (Å²) in [4.78, 5) is 34.6. The van der Waals surface area contributed by atoms with E-state index < -0.39 is 0 Å². The summed E-state index contributed by atoms with van der Waals surface area (Å²) in [6, 6.07) is 14.6. The van der Waals surface area contributed by atoms with E-state index in [1.54, 1.807) is 53.6 Å². The van der Waals surface area contributed by atoms with Crippen LogP contribution < -0.4 is 10.5 Å². The Morgan fingerprint density at radius 2 is 1.74 bits per heavy atom. The second kappa shape index (κ2) is 7.67. The molecular weight excluding hydrogens is 419 g/mol. The second-order valence-corrected chi connectivity index (χ2v) is 7.89. The first kappa shape index (κ1) is 19.5. The molecule has 0 aliphatic carbocycles. The fourth-order valence-corrected chi connectivity index (χ4v) is 4.12. The van der Waals surface area contributed by atoms with Gasteiger partial charge in [-0.2, -0.15) is 0 Å². The molecule has 1 saturated heterocycles. The van der Waals surface area contributed by atoms with Gasteiger partial charge in [-0.25, -0.2) is 9.37 Å². The van der Waals surface area contributed by atoms with Crippen LogP contribution >= 0.6 is 11.6 Å². The molecule has 0 atom stereocenters. The molecule has 156 valence electrons. The number of piperazine rings is 1. The van der Waals surface area contributed by atoms with Gasteiger partial charge in [0.2, 0.25) is 0 Å². The Bertz CT molecular complexity index is 1360. The molecule has 5 rings (SSSR count). The summed E-state index contributed by atoms with van der Waals surface area (Å²) >= 11 is 6.07. The van der Waals surface area contributed by atoms with Gasteiger partial charge in [0.25, 0.3) is 11.5 Å². The standard InChI is InChI=1S/C23H18ClFN4O2/c24-15-3-8-18-20(14-15)26-21-19(2-1-9-29(21)23(18)31)22(30)28-12-10-27(11-13-28)17-6-4-16(25)5-7-17/h1-9,14H,10-13H2. The van der Waals surface area contributed by atoms with Gasteiger partial charge >= 0.3 is 0 Å². The molecule has 1 amide bonds. The predicted molar refractivity (Wildman–Crippen MR) is 118 cm³/mol. The lowest BCUT2D eigenvalue weighted by molar-refractivity contribution is 0.0748. The molecule has 1 aliphatic heterocycles. The van der Waals surface area contributed by atoms with Crippen molar-refractivity contribution in [2.45, 2.75) is 0 Å². The van der Waals surface area contributed by atoms with Crippen molar-refractivity contribution in [3.8, 4) is 0 Å². The summed E-state index contributed by atoms with van der Waals surface area (Å²) in [6.07, 6.45) is 1.61. The van der Waals surface area contributed by atoms with Crippen molar-refractivity contribution in [3.05, 3.63) is 87.6 Å². The molecule has 2 aromatic carbocycles. The molecule has 0 bridgehead atoms. The molecule has 6 nitrogen and oxygen atoms in total. The van der Waals surface area contributed by atoms with Gasteiger partial charge in [-0.1, -0.05) is 11.6 Å². The number of amides is 1. The van der Waals surface area contributed by atoms with Gasteiger partial charge in [0.05, 0.1) is 16.5 Å². The van der Waals surface area contributed by atoms with E-state index >= 15 is 0 Å². The lowest BCUT2D eigenvalue weighted by Gasteiger charge is -2.36. The van der Waals surface area contributed by atoms with Crippen LogP contribution in [-0.2, 0) is 0 Å². The molecule has 2 aromatic heterocycles.